The predicted octanol–water partition coefficient (Wildman–Crippen LogP) is 3.03. The molecule has 0 aromatic heterocycles. The molecule has 0 spiro atoms. The molecule has 0 atom stereocenters. The summed E-state index contributed by atoms with van der Waals surface area (Å²) in [6.07, 6.45) is 0. The van der Waals surface area contributed by atoms with Crippen molar-refractivity contribution in [1.82, 2.24) is 0 Å². The van der Waals surface area contributed by atoms with Gasteiger partial charge in [0, 0.05) is 0 Å². The van der Waals surface area contributed by atoms with Crippen LogP contribution in [0.4, 0.5) is 10.1 Å². The Morgan fingerprint density at radius 2 is 1.85 bits per heavy atom. The van der Waals surface area contributed by atoms with Crippen LogP contribution in [0.5, 0.6) is 5.75 Å². The van der Waals surface area contributed by atoms with Crippen molar-refractivity contribution in [3.8, 4) is 5.75 Å². The van der Waals surface area contributed by atoms with Crippen molar-refractivity contribution in [2.75, 3.05) is 11.3 Å². The number of halogens is 1. The molecule has 0 heterocycles. The van der Waals surface area contributed by atoms with Crippen LogP contribution in [-0.4, -0.2) is 15.0 Å². The van der Waals surface area contributed by atoms with E-state index in [1.807, 2.05) is 6.92 Å². The molecule has 2 aromatic carbocycles. The van der Waals surface area contributed by atoms with Gasteiger partial charge in [0.2, 0.25) is 0 Å². The summed E-state index contributed by atoms with van der Waals surface area (Å²) in [6.45, 7) is 2.35. The van der Waals surface area contributed by atoms with Gasteiger partial charge in [0.15, 0.2) is 0 Å². The van der Waals surface area contributed by atoms with Crippen molar-refractivity contribution in [2.45, 2.75) is 11.8 Å². The number of benzene rings is 2. The Morgan fingerprint density at radius 1 is 1.15 bits per heavy atom. The number of anilines is 1. The average molecular weight is 295 g/mol. The lowest BCUT2D eigenvalue weighted by Gasteiger charge is -2.09. The zero-order valence-electron chi connectivity index (χ0n) is 10.8. The van der Waals surface area contributed by atoms with Gasteiger partial charge >= 0.3 is 0 Å². The minimum absolute atomic E-state index is 0.0882. The van der Waals surface area contributed by atoms with Gasteiger partial charge in [-0.25, -0.2) is 12.8 Å². The number of sulfonamides is 1. The molecule has 0 aliphatic heterocycles. The Balaban J connectivity index is 2.21. The molecule has 6 heteroatoms. The summed E-state index contributed by atoms with van der Waals surface area (Å²) in [5.74, 6) is 0.0918. The normalized spacial score (nSPS) is 11.1. The summed E-state index contributed by atoms with van der Waals surface area (Å²) in [7, 11) is -3.73. The van der Waals surface area contributed by atoms with Gasteiger partial charge in [0.1, 0.15) is 11.6 Å². The molecule has 106 valence electrons. The van der Waals surface area contributed by atoms with Crippen molar-refractivity contribution in [3.05, 3.63) is 54.3 Å². The number of hydrogen-bond acceptors (Lipinski definition) is 3. The second-order valence-corrected chi connectivity index (χ2v) is 5.70. The molecule has 0 amide bonds. The van der Waals surface area contributed by atoms with E-state index in [4.69, 9.17) is 4.74 Å². The van der Waals surface area contributed by atoms with E-state index in [2.05, 4.69) is 4.72 Å². The van der Waals surface area contributed by atoms with Crippen molar-refractivity contribution in [1.29, 1.82) is 0 Å². The third kappa shape index (κ3) is 3.48. The second-order valence-electron chi connectivity index (χ2n) is 4.02. The Morgan fingerprint density at radius 3 is 2.45 bits per heavy atom. The predicted molar refractivity (Wildman–Crippen MR) is 74.8 cm³/mol. The molecule has 0 aliphatic carbocycles. The van der Waals surface area contributed by atoms with Crippen LogP contribution in [0.2, 0.25) is 0 Å². The molecule has 20 heavy (non-hydrogen) atoms. The zero-order chi connectivity index (χ0) is 14.6. The van der Waals surface area contributed by atoms with Gasteiger partial charge in [-0.05, 0) is 49.4 Å². The lowest BCUT2D eigenvalue weighted by Crippen LogP contribution is -2.12. The molecule has 0 radical (unpaired) electrons. The summed E-state index contributed by atoms with van der Waals surface area (Å²) in [6, 6.07) is 11.3. The van der Waals surface area contributed by atoms with Crippen LogP contribution in [0, 0.1) is 5.82 Å². The number of ether oxygens (including phenoxy) is 1. The first-order valence-electron chi connectivity index (χ1n) is 6.02. The third-order valence-electron chi connectivity index (χ3n) is 2.52. The Hall–Kier alpha value is -2.08. The fraction of sp³-hybridized carbons (Fsp3) is 0.143. The largest absolute Gasteiger partial charge is 0.494 e. The molecule has 0 fully saturated rings. The van der Waals surface area contributed by atoms with Crippen LogP contribution in [0.25, 0.3) is 0 Å². The van der Waals surface area contributed by atoms with E-state index in [1.54, 1.807) is 12.1 Å². The fourth-order valence-corrected chi connectivity index (χ4v) is 2.70. The Labute approximate surface area is 117 Å². The van der Waals surface area contributed by atoms with Gasteiger partial charge in [-0.1, -0.05) is 6.07 Å². The first-order valence-corrected chi connectivity index (χ1v) is 7.51. The SMILES string of the molecule is CCOc1ccc(S(=O)(=O)Nc2cccc(F)c2)cc1. The van der Waals surface area contributed by atoms with Crippen LogP contribution in [0.1, 0.15) is 6.92 Å². The molecule has 2 rings (SSSR count). The maximum absolute atomic E-state index is 13.0. The Kier molecular flexibility index (Phi) is 4.24. The van der Waals surface area contributed by atoms with Crippen LogP contribution in [0.15, 0.2) is 53.4 Å². The summed E-state index contributed by atoms with van der Waals surface area (Å²) < 4.78 is 44.8. The summed E-state index contributed by atoms with van der Waals surface area (Å²) in [4.78, 5) is 0.0882. The van der Waals surface area contributed by atoms with Gasteiger partial charge in [0.05, 0.1) is 17.2 Å². The highest BCUT2D eigenvalue weighted by atomic mass is 32.2. The Bertz CT molecular complexity index is 684. The molecule has 1 N–H and O–H groups in total. The van der Waals surface area contributed by atoms with E-state index in [1.165, 1.54) is 30.3 Å². The first-order chi connectivity index (χ1) is 9.51. The summed E-state index contributed by atoms with van der Waals surface area (Å²) in [5.41, 5.74) is 0.180. The highest BCUT2D eigenvalue weighted by molar-refractivity contribution is 7.92. The molecule has 0 bridgehead atoms. The van der Waals surface area contributed by atoms with Gasteiger partial charge in [-0.3, -0.25) is 4.72 Å². The standard InChI is InChI=1S/C14H14FNO3S/c1-2-19-13-6-8-14(9-7-13)20(17,18)16-12-5-3-4-11(15)10-12/h3-10,16H,2H2,1H3. The van der Waals surface area contributed by atoms with E-state index in [9.17, 15) is 12.8 Å². The molecule has 0 saturated carbocycles. The topological polar surface area (TPSA) is 55.4 Å². The van der Waals surface area contributed by atoms with Crippen molar-refractivity contribution >= 4 is 15.7 Å². The molecule has 0 saturated heterocycles. The molecular weight excluding hydrogens is 281 g/mol. The summed E-state index contributed by atoms with van der Waals surface area (Å²) >= 11 is 0. The van der Waals surface area contributed by atoms with Gasteiger partial charge in [0.25, 0.3) is 10.0 Å². The lowest BCUT2D eigenvalue weighted by molar-refractivity contribution is 0.340. The number of nitrogens with one attached hydrogen (secondary N) is 1. The number of rotatable bonds is 5. The molecular formula is C14H14FNO3S. The van der Waals surface area contributed by atoms with Crippen molar-refractivity contribution < 1.29 is 17.5 Å². The van der Waals surface area contributed by atoms with Crippen molar-refractivity contribution in [3.63, 3.8) is 0 Å². The minimum atomic E-state index is -3.73. The van der Waals surface area contributed by atoms with Gasteiger partial charge < -0.3 is 4.74 Å². The van der Waals surface area contributed by atoms with E-state index in [0.717, 1.165) is 6.07 Å². The molecule has 0 aliphatic rings. The maximum atomic E-state index is 13.0. The molecule has 4 nitrogen and oxygen atoms in total. The second kappa shape index (κ2) is 5.92. The summed E-state index contributed by atoms with van der Waals surface area (Å²) in [5, 5.41) is 0. The number of hydrogen-bond donors (Lipinski definition) is 1. The van der Waals surface area contributed by atoms with Crippen LogP contribution >= 0.6 is 0 Å². The van der Waals surface area contributed by atoms with E-state index in [-0.39, 0.29) is 10.6 Å². The molecule has 2 aromatic rings. The average Bonchev–Trinajstić information content (AvgIpc) is 2.39. The van der Waals surface area contributed by atoms with Crippen LogP contribution in [0.3, 0.4) is 0 Å². The minimum Gasteiger partial charge on any atom is -0.494 e. The quantitative estimate of drug-likeness (QED) is 0.922. The highest BCUT2D eigenvalue weighted by Crippen LogP contribution is 2.19. The monoisotopic (exact) mass is 295 g/mol. The van der Waals surface area contributed by atoms with Crippen LogP contribution in [-0.2, 0) is 10.0 Å². The van der Waals surface area contributed by atoms with E-state index in [0.29, 0.717) is 12.4 Å². The zero-order valence-corrected chi connectivity index (χ0v) is 11.7. The van der Waals surface area contributed by atoms with Crippen molar-refractivity contribution in [2.24, 2.45) is 0 Å². The fourth-order valence-electron chi connectivity index (χ4n) is 1.65. The highest BCUT2D eigenvalue weighted by Gasteiger charge is 2.14. The van der Waals surface area contributed by atoms with Gasteiger partial charge in [-0.15, -0.1) is 0 Å². The van der Waals surface area contributed by atoms with E-state index < -0.39 is 15.8 Å². The van der Waals surface area contributed by atoms with Gasteiger partial charge in [-0.2, -0.15) is 0 Å². The van der Waals surface area contributed by atoms with Crippen LogP contribution < -0.4 is 9.46 Å². The first kappa shape index (κ1) is 14.3. The smallest absolute Gasteiger partial charge is 0.261 e. The molecule has 0 unspecified atom stereocenters. The van der Waals surface area contributed by atoms with E-state index >= 15 is 0 Å². The lowest BCUT2D eigenvalue weighted by atomic mass is 10.3. The third-order valence-corrected chi connectivity index (χ3v) is 3.92. The maximum Gasteiger partial charge on any atom is 0.261 e.